The lowest BCUT2D eigenvalue weighted by molar-refractivity contribution is 0.102. The Bertz CT molecular complexity index is 1550. The fourth-order valence-corrected chi connectivity index (χ4v) is 5.40. The molecule has 1 amide bonds. The summed E-state index contributed by atoms with van der Waals surface area (Å²) >= 11 is 0. The van der Waals surface area contributed by atoms with Crippen LogP contribution in [0.4, 0.5) is 11.5 Å². The van der Waals surface area contributed by atoms with E-state index >= 15 is 0 Å². The van der Waals surface area contributed by atoms with Crippen LogP contribution in [0.1, 0.15) is 41.6 Å². The van der Waals surface area contributed by atoms with Crippen molar-refractivity contribution in [1.82, 2.24) is 14.9 Å². The number of amides is 1. The number of nitriles is 1. The van der Waals surface area contributed by atoms with Crippen LogP contribution in [0.5, 0.6) is 5.88 Å². The number of likely N-dealkylation sites (tertiary alicyclic amines) is 1. The molecule has 3 aromatic carbocycles. The van der Waals surface area contributed by atoms with E-state index in [0.29, 0.717) is 29.3 Å². The third-order valence-corrected chi connectivity index (χ3v) is 7.60. The monoisotopic (exact) mass is 532 g/mol. The smallest absolute Gasteiger partial charge is 0.258 e. The van der Waals surface area contributed by atoms with Crippen LogP contribution in [0.3, 0.4) is 0 Å². The van der Waals surface area contributed by atoms with E-state index < -0.39 is 0 Å². The number of carbonyl (C=O) groups excluding carboxylic acids is 1. The van der Waals surface area contributed by atoms with Crippen molar-refractivity contribution in [2.45, 2.75) is 25.7 Å². The minimum absolute atomic E-state index is 0.203. The van der Waals surface area contributed by atoms with Gasteiger partial charge in [-0.1, -0.05) is 24.3 Å². The average Bonchev–Trinajstić information content (AvgIpc) is 3.72. The van der Waals surface area contributed by atoms with Gasteiger partial charge < -0.3 is 15.0 Å². The number of carbonyl (C=O) groups is 1. The first-order valence-corrected chi connectivity index (χ1v) is 14.0. The molecule has 1 N–H and O–H groups in total. The Kier molecular flexibility index (Phi) is 7.56. The van der Waals surface area contributed by atoms with Gasteiger partial charge in [0.15, 0.2) is 5.82 Å². The molecule has 0 saturated carbocycles. The molecule has 6 rings (SSSR count). The highest BCUT2D eigenvalue weighted by molar-refractivity contribution is 6.05. The summed E-state index contributed by atoms with van der Waals surface area (Å²) < 4.78 is 6.18. The molecule has 0 radical (unpaired) electrons. The number of nitrogens with zero attached hydrogens (tertiary/aromatic N) is 5. The molecule has 0 unspecified atom stereocenters. The van der Waals surface area contributed by atoms with E-state index in [0.717, 1.165) is 73.5 Å². The zero-order valence-corrected chi connectivity index (χ0v) is 22.5. The molecule has 1 aromatic heterocycles. The van der Waals surface area contributed by atoms with E-state index in [9.17, 15) is 4.79 Å². The number of anilines is 2. The molecule has 40 heavy (non-hydrogen) atoms. The molecule has 2 saturated heterocycles. The van der Waals surface area contributed by atoms with Crippen LogP contribution in [-0.4, -0.2) is 60.1 Å². The minimum Gasteiger partial charge on any atom is -0.474 e. The number of rotatable bonds is 8. The highest BCUT2D eigenvalue weighted by Gasteiger charge is 2.21. The first-order valence-electron chi connectivity index (χ1n) is 14.0. The molecule has 2 aliphatic heterocycles. The van der Waals surface area contributed by atoms with Crippen LogP contribution in [0.2, 0.25) is 0 Å². The number of hydrogen-bond acceptors (Lipinski definition) is 7. The number of ether oxygens (including phenoxy) is 1. The Morgan fingerprint density at radius 3 is 2.42 bits per heavy atom. The highest BCUT2D eigenvalue weighted by Crippen LogP contribution is 2.31. The van der Waals surface area contributed by atoms with Gasteiger partial charge in [-0.25, -0.2) is 9.97 Å². The van der Waals surface area contributed by atoms with E-state index in [1.54, 1.807) is 18.2 Å². The maximum Gasteiger partial charge on any atom is 0.258 e. The fraction of sp³-hybridized carbons (Fsp3) is 0.312. The molecule has 3 heterocycles. The third-order valence-electron chi connectivity index (χ3n) is 7.60. The molecule has 4 aromatic rings. The standard InChI is InChI=1S/C32H32N6O2/c33-22-23-6-5-7-26(20-23)24-8-10-25(11-9-24)31(39)34-27-12-13-28-29(21-27)35-30(38-16-3-4-17-38)32(36-28)40-19-18-37-14-1-2-15-37/h5-13,20-21H,1-4,14-19H2,(H,34,39). The van der Waals surface area contributed by atoms with E-state index in [1.807, 2.05) is 48.5 Å². The number of nitrogens with one attached hydrogen (secondary N) is 1. The van der Waals surface area contributed by atoms with Crippen molar-refractivity contribution in [3.05, 3.63) is 77.9 Å². The Labute approximate surface area is 234 Å². The van der Waals surface area contributed by atoms with Gasteiger partial charge in [-0.05, 0) is 92.4 Å². The zero-order chi connectivity index (χ0) is 27.3. The maximum atomic E-state index is 13.0. The minimum atomic E-state index is -0.203. The number of benzene rings is 3. The van der Waals surface area contributed by atoms with Crippen molar-refractivity contribution in [2.75, 3.05) is 49.5 Å². The normalized spacial score (nSPS) is 15.3. The van der Waals surface area contributed by atoms with E-state index in [-0.39, 0.29) is 5.91 Å². The summed E-state index contributed by atoms with van der Waals surface area (Å²) in [6, 6.07) is 22.6. The van der Waals surface area contributed by atoms with Gasteiger partial charge >= 0.3 is 0 Å². The summed E-state index contributed by atoms with van der Waals surface area (Å²) in [6.45, 7) is 5.65. The van der Waals surface area contributed by atoms with Gasteiger partial charge in [-0.3, -0.25) is 9.69 Å². The van der Waals surface area contributed by atoms with Crippen LogP contribution >= 0.6 is 0 Å². The van der Waals surface area contributed by atoms with E-state index in [1.165, 1.54) is 12.8 Å². The summed E-state index contributed by atoms with van der Waals surface area (Å²) in [5, 5.41) is 12.2. The van der Waals surface area contributed by atoms with Crippen molar-refractivity contribution in [1.29, 1.82) is 5.26 Å². The van der Waals surface area contributed by atoms with Crippen LogP contribution in [0.25, 0.3) is 22.2 Å². The molecular formula is C32H32N6O2. The molecule has 0 spiro atoms. The summed E-state index contributed by atoms with van der Waals surface area (Å²) in [7, 11) is 0. The second kappa shape index (κ2) is 11.7. The largest absolute Gasteiger partial charge is 0.474 e. The van der Waals surface area contributed by atoms with Gasteiger partial charge in [-0.2, -0.15) is 5.26 Å². The predicted octanol–water partition coefficient (Wildman–Crippen LogP) is 5.50. The van der Waals surface area contributed by atoms with Crippen molar-refractivity contribution >= 4 is 28.4 Å². The second-order valence-electron chi connectivity index (χ2n) is 10.4. The predicted molar refractivity (Wildman–Crippen MR) is 157 cm³/mol. The van der Waals surface area contributed by atoms with Gasteiger partial charge in [-0.15, -0.1) is 0 Å². The molecule has 8 heteroatoms. The van der Waals surface area contributed by atoms with Crippen LogP contribution in [-0.2, 0) is 0 Å². The Morgan fingerprint density at radius 2 is 1.65 bits per heavy atom. The first-order chi connectivity index (χ1) is 19.7. The summed E-state index contributed by atoms with van der Waals surface area (Å²) in [5.41, 5.74) is 5.15. The zero-order valence-electron chi connectivity index (χ0n) is 22.5. The topological polar surface area (TPSA) is 94.4 Å². The number of fused-ring (bicyclic) bond motifs is 1. The molecule has 0 atom stereocenters. The van der Waals surface area contributed by atoms with Gasteiger partial charge in [0.2, 0.25) is 0 Å². The Hall–Kier alpha value is -4.48. The van der Waals surface area contributed by atoms with Crippen LogP contribution < -0.4 is 15.0 Å². The van der Waals surface area contributed by atoms with Crippen molar-refractivity contribution in [3.63, 3.8) is 0 Å². The van der Waals surface area contributed by atoms with Gasteiger partial charge in [0, 0.05) is 30.9 Å². The van der Waals surface area contributed by atoms with Crippen molar-refractivity contribution in [2.24, 2.45) is 0 Å². The molecule has 2 aliphatic rings. The van der Waals surface area contributed by atoms with Crippen molar-refractivity contribution < 1.29 is 9.53 Å². The van der Waals surface area contributed by atoms with Gasteiger partial charge in [0.1, 0.15) is 6.61 Å². The van der Waals surface area contributed by atoms with Crippen LogP contribution in [0, 0.1) is 11.3 Å². The second-order valence-corrected chi connectivity index (χ2v) is 10.4. The van der Waals surface area contributed by atoms with E-state index in [4.69, 9.17) is 20.0 Å². The number of aromatic nitrogens is 2. The fourth-order valence-electron chi connectivity index (χ4n) is 5.40. The number of hydrogen-bond donors (Lipinski definition) is 1. The van der Waals surface area contributed by atoms with Gasteiger partial charge in [0.25, 0.3) is 11.8 Å². The lowest BCUT2D eigenvalue weighted by Gasteiger charge is -2.21. The average molecular weight is 533 g/mol. The molecule has 8 nitrogen and oxygen atoms in total. The molecule has 0 bridgehead atoms. The molecule has 202 valence electrons. The molecular weight excluding hydrogens is 500 g/mol. The maximum absolute atomic E-state index is 13.0. The summed E-state index contributed by atoms with van der Waals surface area (Å²) in [4.78, 5) is 27.5. The first kappa shape index (κ1) is 25.8. The van der Waals surface area contributed by atoms with E-state index in [2.05, 4.69) is 21.2 Å². The highest BCUT2D eigenvalue weighted by atomic mass is 16.5. The van der Waals surface area contributed by atoms with Crippen molar-refractivity contribution in [3.8, 4) is 23.1 Å². The quantitative estimate of drug-likeness (QED) is 0.320. The lowest BCUT2D eigenvalue weighted by atomic mass is 10.0. The third kappa shape index (κ3) is 5.75. The Balaban J connectivity index is 1.18. The lowest BCUT2D eigenvalue weighted by Crippen LogP contribution is -2.26. The molecule has 2 fully saturated rings. The summed E-state index contributed by atoms with van der Waals surface area (Å²) in [6.07, 6.45) is 4.78. The van der Waals surface area contributed by atoms with Gasteiger partial charge in [0.05, 0.1) is 22.7 Å². The Morgan fingerprint density at radius 1 is 0.875 bits per heavy atom. The summed E-state index contributed by atoms with van der Waals surface area (Å²) in [5.74, 6) is 1.17. The molecule has 0 aliphatic carbocycles. The van der Waals surface area contributed by atoms with Crippen LogP contribution in [0.15, 0.2) is 66.7 Å². The SMILES string of the molecule is N#Cc1cccc(-c2ccc(C(=O)Nc3ccc4nc(OCCN5CCCC5)c(N5CCCC5)nc4c3)cc2)c1.